The van der Waals surface area contributed by atoms with Gasteiger partial charge in [0.15, 0.2) is 0 Å². The molecule has 0 bridgehead atoms. The summed E-state index contributed by atoms with van der Waals surface area (Å²) in [4.78, 5) is 23.1. The summed E-state index contributed by atoms with van der Waals surface area (Å²) in [6, 6.07) is 3.66. The topological polar surface area (TPSA) is 81.3 Å². The Morgan fingerprint density at radius 3 is 2.53 bits per heavy atom. The van der Waals surface area contributed by atoms with Gasteiger partial charge in [0.1, 0.15) is 11.6 Å². The highest BCUT2D eigenvalue weighted by Gasteiger charge is 2.33. The summed E-state index contributed by atoms with van der Waals surface area (Å²) in [7, 11) is 0. The second-order valence-corrected chi connectivity index (χ2v) is 8.64. The average Bonchev–Trinajstić information content (AvgIpc) is 3.15. The van der Waals surface area contributed by atoms with Crippen LogP contribution in [0.15, 0.2) is 30.5 Å². The van der Waals surface area contributed by atoms with E-state index in [2.05, 4.69) is 9.97 Å². The van der Waals surface area contributed by atoms with Crippen LogP contribution in [0.4, 0.5) is 23.4 Å². The number of halogens is 4. The minimum Gasteiger partial charge on any atom is -0.383 e. The van der Waals surface area contributed by atoms with Crippen LogP contribution in [-0.4, -0.2) is 26.8 Å². The van der Waals surface area contributed by atoms with Gasteiger partial charge in [-0.2, -0.15) is 13.2 Å². The molecule has 0 spiro atoms. The van der Waals surface area contributed by atoms with Crippen molar-refractivity contribution < 1.29 is 27.1 Å². The maximum absolute atomic E-state index is 15.1. The standard InChI is InChI=1S/C24H24F4N4O2/c1-11(2)32(12(3)19-6-5-14(9-30-19)24(26,27)28)23(33)16-7-15-17-10-34-13(4)21(17)22(29)31-20(15)8-18(16)25/h5-9,11-13H,10H2,1-4H3,(H2,29,31)/t12-,13+/m0/s1. The zero-order valence-corrected chi connectivity index (χ0v) is 19.1. The van der Waals surface area contributed by atoms with E-state index in [4.69, 9.17) is 10.5 Å². The van der Waals surface area contributed by atoms with Crippen LogP contribution in [0, 0.1) is 5.82 Å². The first-order chi connectivity index (χ1) is 15.9. The smallest absolute Gasteiger partial charge is 0.383 e. The molecule has 34 heavy (non-hydrogen) atoms. The fraction of sp³-hybridized carbons (Fsp3) is 0.375. The van der Waals surface area contributed by atoms with Gasteiger partial charge in [-0.05, 0) is 51.5 Å². The lowest BCUT2D eigenvalue weighted by molar-refractivity contribution is -0.137. The van der Waals surface area contributed by atoms with Gasteiger partial charge in [-0.3, -0.25) is 9.78 Å². The zero-order chi connectivity index (χ0) is 24.9. The van der Waals surface area contributed by atoms with Crippen LogP contribution in [0.2, 0.25) is 0 Å². The first-order valence-electron chi connectivity index (χ1n) is 10.8. The molecule has 10 heteroatoms. The van der Waals surface area contributed by atoms with Gasteiger partial charge in [-0.25, -0.2) is 9.37 Å². The first kappa shape index (κ1) is 23.9. The lowest BCUT2D eigenvalue weighted by atomic mass is 9.99. The highest BCUT2D eigenvalue weighted by molar-refractivity contribution is 6.00. The predicted octanol–water partition coefficient (Wildman–Crippen LogP) is 5.57. The Hall–Kier alpha value is -3.27. The summed E-state index contributed by atoms with van der Waals surface area (Å²) in [5, 5.41) is 0.572. The van der Waals surface area contributed by atoms with Crippen LogP contribution in [0.1, 0.15) is 72.6 Å². The molecule has 2 atom stereocenters. The number of nitrogens with zero attached hydrogens (tertiary/aromatic N) is 3. The summed E-state index contributed by atoms with van der Waals surface area (Å²) in [5.41, 5.74) is 7.04. The number of fused-ring (bicyclic) bond motifs is 3. The number of anilines is 1. The van der Waals surface area contributed by atoms with Gasteiger partial charge in [0, 0.05) is 29.3 Å². The number of aromatic nitrogens is 2. The number of carbonyl (C=O) groups excluding carboxylic acids is 1. The van der Waals surface area contributed by atoms with E-state index in [1.165, 1.54) is 23.1 Å². The van der Waals surface area contributed by atoms with Crippen LogP contribution in [0.5, 0.6) is 0 Å². The van der Waals surface area contributed by atoms with Crippen LogP contribution < -0.4 is 5.73 Å². The third kappa shape index (κ3) is 4.06. The van der Waals surface area contributed by atoms with Crippen LogP contribution in [0.3, 0.4) is 0 Å². The van der Waals surface area contributed by atoms with Gasteiger partial charge >= 0.3 is 6.18 Å². The van der Waals surface area contributed by atoms with Crippen molar-refractivity contribution in [2.24, 2.45) is 0 Å². The average molecular weight is 476 g/mol. The van der Waals surface area contributed by atoms with E-state index in [1.807, 2.05) is 6.92 Å². The van der Waals surface area contributed by atoms with Gasteiger partial charge in [0.2, 0.25) is 0 Å². The lowest BCUT2D eigenvalue weighted by Crippen LogP contribution is -2.39. The van der Waals surface area contributed by atoms with Crippen LogP contribution in [0.25, 0.3) is 10.9 Å². The van der Waals surface area contributed by atoms with Gasteiger partial charge in [0.25, 0.3) is 5.91 Å². The Bertz CT molecular complexity index is 1260. The summed E-state index contributed by atoms with van der Waals surface area (Å²) in [5.74, 6) is -1.12. The van der Waals surface area contributed by atoms with Crippen molar-refractivity contribution in [1.29, 1.82) is 0 Å². The third-order valence-corrected chi connectivity index (χ3v) is 6.12. The number of carbonyl (C=O) groups is 1. The molecule has 0 radical (unpaired) electrons. The van der Waals surface area contributed by atoms with Crippen molar-refractivity contribution in [3.8, 4) is 0 Å². The number of hydrogen-bond acceptors (Lipinski definition) is 5. The molecule has 0 saturated heterocycles. The Balaban J connectivity index is 1.75. The van der Waals surface area contributed by atoms with Gasteiger partial charge in [0.05, 0.1) is 41.1 Å². The number of nitrogens with two attached hydrogens (primary N) is 1. The van der Waals surface area contributed by atoms with E-state index in [9.17, 15) is 18.0 Å². The number of alkyl halides is 3. The highest BCUT2D eigenvalue weighted by atomic mass is 19.4. The minimum absolute atomic E-state index is 0.173. The van der Waals surface area contributed by atoms with E-state index >= 15 is 4.39 Å². The second kappa shape index (κ2) is 8.50. The van der Waals surface area contributed by atoms with Crippen LogP contribution >= 0.6 is 0 Å². The molecular weight excluding hydrogens is 452 g/mol. The molecule has 2 aromatic heterocycles. The molecule has 0 aliphatic carbocycles. The molecule has 2 N–H and O–H groups in total. The maximum Gasteiger partial charge on any atom is 0.417 e. The zero-order valence-electron chi connectivity index (χ0n) is 19.1. The second-order valence-electron chi connectivity index (χ2n) is 8.64. The molecule has 1 aliphatic rings. The summed E-state index contributed by atoms with van der Waals surface area (Å²) in [6.45, 7) is 7.23. The number of pyridine rings is 2. The molecule has 3 heterocycles. The minimum atomic E-state index is -4.52. The van der Waals surface area contributed by atoms with Crippen LogP contribution in [-0.2, 0) is 17.5 Å². The largest absolute Gasteiger partial charge is 0.417 e. The third-order valence-electron chi connectivity index (χ3n) is 6.12. The van der Waals surface area contributed by atoms with Crippen molar-refractivity contribution in [1.82, 2.24) is 14.9 Å². The molecule has 6 nitrogen and oxygen atoms in total. The molecule has 1 aliphatic heterocycles. The van der Waals surface area contributed by atoms with Gasteiger partial charge in [-0.15, -0.1) is 0 Å². The number of nitrogen functional groups attached to an aromatic ring is 1. The molecular formula is C24H24F4N4O2. The van der Waals surface area contributed by atoms with Crippen molar-refractivity contribution in [2.75, 3.05) is 5.73 Å². The number of amides is 1. The summed E-state index contributed by atoms with van der Waals surface area (Å²) in [6.07, 6.45) is -4.06. The molecule has 1 amide bonds. The monoisotopic (exact) mass is 476 g/mol. The molecule has 1 aromatic carbocycles. The van der Waals surface area contributed by atoms with Crippen molar-refractivity contribution in [3.05, 3.63) is 64.2 Å². The Morgan fingerprint density at radius 2 is 1.94 bits per heavy atom. The fourth-order valence-electron chi connectivity index (χ4n) is 4.41. The van der Waals surface area contributed by atoms with Crippen molar-refractivity contribution in [3.63, 3.8) is 0 Å². The molecule has 0 fully saturated rings. The Labute approximate surface area is 193 Å². The van der Waals surface area contributed by atoms with Gasteiger partial charge in [-0.1, -0.05) is 0 Å². The lowest BCUT2D eigenvalue weighted by Gasteiger charge is -2.33. The predicted molar refractivity (Wildman–Crippen MR) is 118 cm³/mol. The maximum atomic E-state index is 15.1. The van der Waals surface area contributed by atoms with E-state index < -0.39 is 29.5 Å². The fourth-order valence-corrected chi connectivity index (χ4v) is 4.41. The summed E-state index contributed by atoms with van der Waals surface area (Å²) < 4.78 is 59.5. The quantitative estimate of drug-likeness (QED) is 0.498. The first-order valence-corrected chi connectivity index (χ1v) is 10.8. The van der Waals surface area contributed by atoms with E-state index in [0.717, 1.165) is 23.4 Å². The van der Waals surface area contributed by atoms with E-state index in [-0.39, 0.29) is 35.8 Å². The molecule has 180 valence electrons. The highest BCUT2D eigenvalue weighted by Crippen LogP contribution is 2.39. The van der Waals surface area contributed by atoms with Crippen molar-refractivity contribution in [2.45, 2.75) is 58.7 Å². The van der Waals surface area contributed by atoms with E-state index in [1.54, 1.807) is 20.8 Å². The number of ether oxygens (including phenoxy) is 1. The molecule has 3 aromatic rings. The van der Waals surface area contributed by atoms with Crippen molar-refractivity contribution >= 4 is 22.6 Å². The Kier molecular flexibility index (Phi) is 5.97. The number of rotatable bonds is 4. The SMILES string of the molecule is CC(C)N(C(=O)c1cc2c3c(c(N)nc2cc1F)[C@@H](C)OC3)[C@@H](C)c1ccc(C(F)(F)F)cn1. The number of benzene rings is 1. The Morgan fingerprint density at radius 1 is 1.24 bits per heavy atom. The van der Waals surface area contributed by atoms with E-state index in [0.29, 0.717) is 10.9 Å². The summed E-state index contributed by atoms with van der Waals surface area (Å²) >= 11 is 0. The molecule has 4 rings (SSSR count). The molecule has 0 saturated carbocycles. The number of hydrogen-bond donors (Lipinski definition) is 1. The molecule has 0 unspecified atom stereocenters. The van der Waals surface area contributed by atoms with Gasteiger partial charge < -0.3 is 15.4 Å². The normalized spacial score (nSPS) is 16.7.